The SMILES string of the molecule is COC(=O)c1cccc(NC(=S)Nc2cccc(C(C)=O)c2)c1. The van der Waals surface area contributed by atoms with E-state index in [0.717, 1.165) is 0 Å². The van der Waals surface area contributed by atoms with Crippen LogP contribution in [0, 0.1) is 0 Å². The monoisotopic (exact) mass is 328 g/mol. The lowest BCUT2D eigenvalue weighted by molar-refractivity contribution is 0.0600. The number of nitrogens with one attached hydrogen (secondary N) is 2. The number of anilines is 2. The van der Waals surface area contributed by atoms with Crippen LogP contribution in [0.25, 0.3) is 0 Å². The number of ether oxygens (including phenoxy) is 1. The van der Waals surface area contributed by atoms with Crippen LogP contribution in [0.2, 0.25) is 0 Å². The van der Waals surface area contributed by atoms with Crippen molar-refractivity contribution in [2.24, 2.45) is 0 Å². The van der Waals surface area contributed by atoms with Crippen LogP contribution in [-0.4, -0.2) is 24.0 Å². The molecule has 0 bridgehead atoms. The number of ketones is 1. The van der Waals surface area contributed by atoms with Crippen LogP contribution in [0.15, 0.2) is 48.5 Å². The van der Waals surface area contributed by atoms with Crippen molar-refractivity contribution in [1.82, 2.24) is 0 Å². The van der Waals surface area contributed by atoms with Crippen molar-refractivity contribution in [2.45, 2.75) is 6.92 Å². The van der Waals surface area contributed by atoms with Crippen LogP contribution in [0.1, 0.15) is 27.6 Å². The molecule has 0 aliphatic rings. The van der Waals surface area contributed by atoms with Gasteiger partial charge in [0.15, 0.2) is 10.9 Å². The smallest absolute Gasteiger partial charge is 0.337 e. The fourth-order valence-corrected chi connectivity index (χ4v) is 2.19. The molecule has 0 amide bonds. The maximum Gasteiger partial charge on any atom is 0.337 e. The van der Waals surface area contributed by atoms with Gasteiger partial charge in [0.1, 0.15) is 0 Å². The molecular formula is C17H16N2O3S. The van der Waals surface area contributed by atoms with Gasteiger partial charge in [0, 0.05) is 16.9 Å². The summed E-state index contributed by atoms with van der Waals surface area (Å²) in [5, 5.41) is 6.34. The predicted molar refractivity (Wildman–Crippen MR) is 94.1 cm³/mol. The molecule has 0 atom stereocenters. The first-order chi connectivity index (χ1) is 11.0. The van der Waals surface area contributed by atoms with Gasteiger partial charge < -0.3 is 15.4 Å². The minimum absolute atomic E-state index is 0.0155. The number of hydrogen-bond acceptors (Lipinski definition) is 4. The molecular weight excluding hydrogens is 312 g/mol. The fourth-order valence-electron chi connectivity index (χ4n) is 1.95. The Kier molecular flexibility index (Phi) is 5.43. The molecule has 5 nitrogen and oxygen atoms in total. The van der Waals surface area contributed by atoms with Crippen molar-refractivity contribution in [3.8, 4) is 0 Å². The third kappa shape index (κ3) is 4.62. The van der Waals surface area contributed by atoms with Crippen molar-refractivity contribution in [1.29, 1.82) is 0 Å². The molecule has 0 aromatic heterocycles. The van der Waals surface area contributed by atoms with Gasteiger partial charge in [-0.1, -0.05) is 18.2 Å². The molecule has 0 fully saturated rings. The molecule has 2 N–H and O–H groups in total. The van der Waals surface area contributed by atoms with Crippen LogP contribution in [-0.2, 0) is 4.74 Å². The average molecular weight is 328 g/mol. The first-order valence-electron chi connectivity index (χ1n) is 6.87. The van der Waals surface area contributed by atoms with E-state index in [9.17, 15) is 9.59 Å². The molecule has 0 heterocycles. The van der Waals surface area contributed by atoms with Crippen molar-refractivity contribution >= 4 is 40.5 Å². The highest BCUT2D eigenvalue weighted by Crippen LogP contribution is 2.14. The van der Waals surface area contributed by atoms with Crippen molar-refractivity contribution in [2.75, 3.05) is 17.7 Å². The van der Waals surface area contributed by atoms with Crippen molar-refractivity contribution < 1.29 is 14.3 Å². The number of Topliss-reactive ketones (excluding diaryl/α,β-unsaturated/α-hetero) is 1. The van der Waals surface area contributed by atoms with E-state index in [-0.39, 0.29) is 5.78 Å². The highest BCUT2D eigenvalue weighted by Gasteiger charge is 2.07. The normalized spacial score (nSPS) is 9.83. The second-order valence-electron chi connectivity index (χ2n) is 4.79. The van der Waals surface area contributed by atoms with Crippen molar-refractivity contribution in [3.05, 3.63) is 59.7 Å². The van der Waals surface area contributed by atoms with Gasteiger partial charge in [-0.2, -0.15) is 0 Å². The molecule has 0 aliphatic carbocycles. The maximum atomic E-state index is 11.5. The number of thiocarbonyl (C=S) groups is 1. The quantitative estimate of drug-likeness (QED) is 0.509. The molecule has 0 aliphatic heterocycles. The molecule has 0 saturated carbocycles. The number of hydrogen-bond donors (Lipinski definition) is 2. The van der Waals surface area contributed by atoms with E-state index in [4.69, 9.17) is 12.2 Å². The van der Waals surface area contributed by atoms with Crippen LogP contribution in [0.5, 0.6) is 0 Å². The van der Waals surface area contributed by atoms with Gasteiger partial charge in [-0.15, -0.1) is 0 Å². The summed E-state index contributed by atoms with van der Waals surface area (Å²) in [4.78, 5) is 22.9. The number of rotatable bonds is 4. The molecule has 118 valence electrons. The number of carbonyl (C=O) groups excluding carboxylic acids is 2. The molecule has 2 aromatic rings. The van der Waals surface area contributed by atoms with Gasteiger partial charge in [-0.25, -0.2) is 4.79 Å². The topological polar surface area (TPSA) is 67.4 Å². The largest absolute Gasteiger partial charge is 0.465 e. The van der Waals surface area contributed by atoms with E-state index >= 15 is 0 Å². The van der Waals surface area contributed by atoms with Crippen molar-refractivity contribution in [3.63, 3.8) is 0 Å². The number of methoxy groups -OCH3 is 1. The molecule has 23 heavy (non-hydrogen) atoms. The zero-order valence-electron chi connectivity index (χ0n) is 12.8. The van der Waals surface area contributed by atoms with Gasteiger partial charge in [0.25, 0.3) is 0 Å². The minimum atomic E-state index is -0.415. The van der Waals surface area contributed by atoms with Crippen LogP contribution in [0.4, 0.5) is 11.4 Å². The lowest BCUT2D eigenvalue weighted by Gasteiger charge is -2.11. The van der Waals surface area contributed by atoms with E-state index in [1.54, 1.807) is 42.5 Å². The Labute approximate surface area is 139 Å². The van der Waals surface area contributed by atoms with Crippen LogP contribution >= 0.6 is 12.2 Å². The van der Waals surface area contributed by atoms with Gasteiger partial charge in [-0.3, -0.25) is 4.79 Å². The van der Waals surface area contributed by atoms with Gasteiger partial charge in [0.05, 0.1) is 12.7 Å². The van der Waals surface area contributed by atoms with E-state index in [1.807, 2.05) is 6.07 Å². The standard InChI is InChI=1S/C17H16N2O3S/c1-11(20)12-5-3-7-14(9-12)18-17(23)19-15-8-4-6-13(10-15)16(21)22-2/h3-10H,1-2H3,(H2,18,19,23). The summed E-state index contributed by atoms with van der Waals surface area (Å²) >= 11 is 5.24. The third-order valence-electron chi connectivity index (χ3n) is 3.07. The summed E-state index contributed by atoms with van der Waals surface area (Å²) in [5.41, 5.74) is 2.40. The Hall–Kier alpha value is -2.73. The number of esters is 1. The lowest BCUT2D eigenvalue weighted by atomic mass is 10.1. The summed E-state index contributed by atoms with van der Waals surface area (Å²) in [6, 6.07) is 13.9. The van der Waals surface area contributed by atoms with E-state index in [2.05, 4.69) is 15.4 Å². The van der Waals surface area contributed by atoms with E-state index in [1.165, 1.54) is 14.0 Å². The lowest BCUT2D eigenvalue weighted by Crippen LogP contribution is -2.19. The summed E-state index contributed by atoms with van der Waals surface area (Å²) in [7, 11) is 1.33. The summed E-state index contributed by atoms with van der Waals surface area (Å²) in [5.74, 6) is -0.431. The molecule has 0 saturated heterocycles. The molecule has 0 radical (unpaired) electrons. The summed E-state index contributed by atoms with van der Waals surface area (Å²) in [6.07, 6.45) is 0. The molecule has 2 rings (SSSR count). The maximum absolute atomic E-state index is 11.5. The Bertz CT molecular complexity index is 759. The third-order valence-corrected chi connectivity index (χ3v) is 3.27. The van der Waals surface area contributed by atoms with Gasteiger partial charge in [-0.05, 0) is 49.5 Å². The zero-order valence-corrected chi connectivity index (χ0v) is 13.6. The van der Waals surface area contributed by atoms with Crippen LogP contribution < -0.4 is 10.6 Å². The second-order valence-corrected chi connectivity index (χ2v) is 5.20. The number of benzene rings is 2. The van der Waals surface area contributed by atoms with Gasteiger partial charge in [0.2, 0.25) is 0 Å². The predicted octanol–water partition coefficient (Wildman–Crippen LogP) is 3.48. The molecule has 6 heteroatoms. The molecule has 0 spiro atoms. The minimum Gasteiger partial charge on any atom is -0.465 e. The fraction of sp³-hybridized carbons (Fsp3) is 0.118. The number of carbonyl (C=O) groups is 2. The van der Waals surface area contributed by atoms with E-state index in [0.29, 0.717) is 27.6 Å². The second kappa shape index (κ2) is 7.51. The van der Waals surface area contributed by atoms with E-state index < -0.39 is 5.97 Å². The Morgan fingerprint density at radius 1 is 0.957 bits per heavy atom. The Morgan fingerprint density at radius 2 is 1.48 bits per heavy atom. The van der Waals surface area contributed by atoms with Crippen LogP contribution in [0.3, 0.4) is 0 Å². The first-order valence-corrected chi connectivity index (χ1v) is 7.28. The summed E-state index contributed by atoms with van der Waals surface area (Å²) < 4.78 is 4.68. The first kappa shape index (κ1) is 16.6. The average Bonchev–Trinajstić information content (AvgIpc) is 2.54. The van der Waals surface area contributed by atoms with Gasteiger partial charge >= 0.3 is 5.97 Å². The Morgan fingerprint density at radius 3 is 2.00 bits per heavy atom. The highest BCUT2D eigenvalue weighted by molar-refractivity contribution is 7.80. The molecule has 2 aromatic carbocycles. The highest BCUT2D eigenvalue weighted by atomic mass is 32.1. The molecule has 0 unspecified atom stereocenters. The summed E-state index contributed by atoms with van der Waals surface area (Å²) in [6.45, 7) is 1.51. The zero-order chi connectivity index (χ0) is 16.8. The Balaban J connectivity index is 2.06.